The fourth-order valence-electron chi connectivity index (χ4n) is 3.58. The number of amides is 1. The molecule has 1 amide bonds. The van der Waals surface area contributed by atoms with Crippen LogP contribution in [0.5, 0.6) is 0 Å². The van der Waals surface area contributed by atoms with Crippen molar-refractivity contribution in [2.24, 2.45) is 5.92 Å². The first-order valence-corrected chi connectivity index (χ1v) is 9.11. The number of hydrogen-bond acceptors (Lipinski definition) is 4. The van der Waals surface area contributed by atoms with E-state index in [0.29, 0.717) is 36.9 Å². The van der Waals surface area contributed by atoms with Crippen LogP contribution in [-0.4, -0.2) is 30.9 Å². The molecule has 1 aromatic rings. The van der Waals surface area contributed by atoms with Gasteiger partial charge in [-0.3, -0.25) is 4.79 Å². The summed E-state index contributed by atoms with van der Waals surface area (Å²) in [7, 11) is -3.15. The van der Waals surface area contributed by atoms with Gasteiger partial charge < -0.3 is 10.4 Å². The van der Waals surface area contributed by atoms with Crippen molar-refractivity contribution in [1.82, 2.24) is 0 Å². The lowest BCUT2D eigenvalue weighted by Crippen LogP contribution is -2.45. The zero-order valence-corrected chi connectivity index (χ0v) is 12.7. The predicted octanol–water partition coefficient (Wildman–Crippen LogP) is 1.43. The second kappa shape index (κ2) is 4.81. The number of para-hydroxylation sites is 1. The molecular weight excluding hydrogens is 290 g/mol. The number of hydrogen-bond donors (Lipinski definition) is 2. The Kier molecular flexibility index (Phi) is 3.33. The molecule has 21 heavy (non-hydrogen) atoms. The van der Waals surface area contributed by atoms with Crippen molar-refractivity contribution in [2.45, 2.75) is 36.5 Å². The maximum absolute atomic E-state index is 12.3. The smallest absolute Gasteiger partial charge is 0.261 e. The third kappa shape index (κ3) is 2.26. The molecule has 114 valence electrons. The van der Waals surface area contributed by atoms with Gasteiger partial charge in [-0.2, -0.15) is 0 Å². The van der Waals surface area contributed by atoms with Crippen LogP contribution in [0.25, 0.3) is 0 Å². The molecular formula is C15H19NO4S. The van der Waals surface area contributed by atoms with E-state index in [0.717, 1.165) is 0 Å². The number of aliphatic hydroxyl groups is 1. The molecule has 2 N–H and O–H groups in total. The Morgan fingerprint density at radius 2 is 2.00 bits per heavy atom. The summed E-state index contributed by atoms with van der Waals surface area (Å²) in [4.78, 5) is 12.3. The fourth-order valence-corrected chi connectivity index (χ4v) is 4.76. The third-order valence-electron chi connectivity index (χ3n) is 4.75. The monoisotopic (exact) mass is 309 g/mol. The van der Waals surface area contributed by atoms with Crippen LogP contribution in [0, 0.1) is 5.92 Å². The van der Waals surface area contributed by atoms with Gasteiger partial charge in [-0.1, -0.05) is 24.6 Å². The predicted molar refractivity (Wildman–Crippen MR) is 79.6 cm³/mol. The standard InChI is InChI=1S/C15H19NO4S/c1-21(19,20)11-6-4-5-10(9-11)15(18)12-7-2-3-8-13(12)16-14(15)17/h2-3,7-8,10-11,18H,4-6,9H2,1H3,(H,16,17). The van der Waals surface area contributed by atoms with Gasteiger partial charge in [0.1, 0.15) is 9.84 Å². The van der Waals surface area contributed by atoms with Crippen molar-refractivity contribution in [3.8, 4) is 0 Å². The summed E-state index contributed by atoms with van der Waals surface area (Å²) in [5, 5.41) is 13.2. The van der Waals surface area contributed by atoms with Crippen molar-refractivity contribution in [3.63, 3.8) is 0 Å². The Balaban J connectivity index is 1.97. The molecule has 6 heteroatoms. The minimum absolute atomic E-state index is 0.330. The van der Waals surface area contributed by atoms with E-state index >= 15 is 0 Å². The van der Waals surface area contributed by atoms with Crippen LogP contribution in [0.4, 0.5) is 5.69 Å². The highest BCUT2D eigenvalue weighted by atomic mass is 32.2. The molecule has 3 atom stereocenters. The highest BCUT2D eigenvalue weighted by Crippen LogP contribution is 2.46. The Morgan fingerprint density at radius 1 is 1.29 bits per heavy atom. The molecule has 1 aromatic carbocycles. The average Bonchev–Trinajstić information content (AvgIpc) is 2.71. The fraction of sp³-hybridized carbons (Fsp3) is 0.533. The number of benzene rings is 1. The first-order chi connectivity index (χ1) is 9.83. The summed E-state index contributed by atoms with van der Waals surface area (Å²) in [5.41, 5.74) is -0.430. The van der Waals surface area contributed by atoms with Crippen molar-refractivity contribution in [2.75, 3.05) is 11.6 Å². The van der Waals surface area contributed by atoms with E-state index in [1.165, 1.54) is 6.26 Å². The molecule has 0 aromatic heterocycles. The summed E-state index contributed by atoms with van der Waals surface area (Å²) < 4.78 is 23.6. The number of carbonyl (C=O) groups is 1. The van der Waals surface area contributed by atoms with E-state index in [1.54, 1.807) is 24.3 Å². The zero-order valence-electron chi connectivity index (χ0n) is 11.9. The van der Waals surface area contributed by atoms with Crippen LogP contribution in [0.2, 0.25) is 0 Å². The second-order valence-electron chi connectivity index (χ2n) is 6.08. The van der Waals surface area contributed by atoms with Crippen LogP contribution in [0.15, 0.2) is 24.3 Å². The molecule has 1 saturated carbocycles. The summed E-state index contributed by atoms with van der Waals surface area (Å²) in [6.45, 7) is 0. The van der Waals surface area contributed by atoms with Gasteiger partial charge in [0.25, 0.3) is 5.91 Å². The van der Waals surface area contributed by atoms with Crippen molar-refractivity contribution >= 4 is 21.4 Å². The molecule has 1 aliphatic heterocycles. The highest BCUT2D eigenvalue weighted by Gasteiger charge is 2.52. The number of nitrogens with one attached hydrogen (secondary N) is 1. The molecule has 0 bridgehead atoms. The minimum atomic E-state index is -3.15. The SMILES string of the molecule is CS(=O)(=O)C1CCCC(C2(O)C(=O)Nc3ccccc32)C1. The molecule has 1 fully saturated rings. The molecule has 2 aliphatic rings. The normalized spacial score (nSPS) is 32.6. The Labute approximate surface area is 124 Å². The maximum Gasteiger partial charge on any atom is 0.261 e. The van der Waals surface area contributed by atoms with Crippen LogP contribution in [0.1, 0.15) is 31.2 Å². The molecule has 3 unspecified atom stereocenters. The average molecular weight is 309 g/mol. The molecule has 1 heterocycles. The van der Waals surface area contributed by atoms with Gasteiger partial charge in [-0.25, -0.2) is 8.42 Å². The quantitative estimate of drug-likeness (QED) is 0.865. The zero-order chi connectivity index (χ0) is 15.3. The lowest BCUT2D eigenvalue weighted by molar-refractivity contribution is -0.141. The molecule has 3 rings (SSSR count). The Morgan fingerprint density at radius 3 is 2.71 bits per heavy atom. The van der Waals surface area contributed by atoms with Crippen molar-refractivity contribution in [1.29, 1.82) is 0 Å². The first-order valence-electron chi connectivity index (χ1n) is 7.15. The van der Waals surface area contributed by atoms with Gasteiger partial charge in [0.05, 0.1) is 5.25 Å². The van der Waals surface area contributed by atoms with E-state index in [-0.39, 0.29) is 5.92 Å². The lowest BCUT2D eigenvalue weighted by atomic mass is 9.74. The van der Waals surface area contributed by atoms with Gasteiger partial charge in [-0.05, 0) is 25.3 Å². The number of rotatable bonds is 2. The largest absolute Gasteiger partial charge is 0.375 e. The van der Waals surface area contributed by atoms with E-state index in [1.807, 2.05) is 0 Å². The number of fused-ring (bicyclic) bond motifs is 1. The van der Waals surface area contributed by atoms with Crippen LogP contribution in [-0.2, 0) is 20.2 Å². The van der Waals surface area contributed by atoms with E-state index in [9.17, 15) is 18.3 Å². The van der Waals surface area contributed by atoms with Crippen LogP contribution >= 0.6 is 0 Å². The summed E-state index contributed by atoms with van der Waals surface area (Å²) in [6.07, 6.45) is 3.53. The van der Waals surface area contributed by atoms with Crippen LogP contribution in [0.3, 0.4) is 0 Å². The van der Waals surface area contributed by atoms with Crippen LogP contribution < -0.4 is 5.32 Å². The van der Waals surface area contributed by atoms with Gasteiger partial charge in [-0.15, -0.1) is 0 Å². The molecule has 0 spiro atoms. The van der Waals surface area contributed by atoms with Gasteiger partial charge >= 0.3 is 0 Å². The van der Waals surface area contributed by atoms with E-state index < -0.39 is 26.6 Å². The highest BCUT2D eigenvalue weighted by molar-refractivity contribution is 7.91. The van der Waals surface area contributed by atoms with Gasteiger partial charge in [0.15, 0.2) is 5.60 Å². The summed E-state index contributed by atoms with van der Waals surface area (Å²) in [5.74, 6) is -0.808. The van der Waals surface area contributed by atoms with E-state index in [2.05, 4.69) is 5.32 Å². The lowest BCUT2D eigenvalue weighted by Gasteiger charge is -2.36. The third-order valence-corrected chi connectivity index (χ3v) is 6.39. The minimum Gasteiger partial charge on any atom is -0.375 e. The maximum atomic E-state index is 12.3. The number of anilines is 1. The van der Waals surface area contributed by atoms with Gasteiger partial charge in [0.2, 0.25) is 0 Å². The van der Waals surface area contributed by atoms with E-state index in [4.69, 9.17) is 0 Å². The summed E-state index contributed by atoms with van der Waals surface area (Å²) >= 11 is 0. The number of carbonyl (C=O) groups excluding carboxylic acids is 1. The van der Waals surface area contributed by atoms with Crippen molar-refractivity contribution in [3.05, 3.63) is 29.8 Å². The molecule has 0 radical (unpaired) electrons. The summed E-state index contributed by atoms with van der Waals surface area (Å²) in [6, 6.07) is 7.06. The second-order valence-corrected chi connectivity index (χ2v) is 8.41. The number of sulfone groups is 1. The Hall–Kier alpha value is -1.40. The molecule has 0 saturated heterocycles. The topological polar surface area (TPSA) is 83.5 Å². The van der Waals surface area contributed by atoms with Crippen molar-refractivity contribution < 1.29 is 18.3 Å². The Bertz CT molecular complexity index is 685. The molecule has 5 nitrogen and oxygen atoms in total. The van der Waals surface area contributed by atoms with Gasteiger partial charge in [0, 0.05) is 23.4 Å². The molecule has 1 aliphatic carbocycles. The first kappa shape index (κ1) is 14.5.